The highest BCUT2D eigenvalue weighted by Gasteiger charge is 2.22. The maximum absolute atomic E-state index is 12.1. The molecule has 92 valence electrons. The van der Waals surface area contributed by atoms with Gasteiger partial charge in [-0.2, -0.15) is 0 Å². The number of nitrogens with two attached hydrogens (primary N) is 1. The first-order valence-corrected chi connectivity index (χ1v) is 6.46. The van der Waals surface area contributed by atoms with Crippen molar-refractivity contribution >= 4 is 17.2 Å². The molecule has 1 unspecified atom stereocenters. The van der Waals surface area contributed by atoms with Crippen molar-refractivity contribution in [3.05, 3.63) is 22.4 Å². The second-order valence-electron chi connectivity index (χ2n) is 4.15. The van der Waals surface area contributed by atoms with Crippen molar-refractivity contribution in [2.45, 2.75) is 38.9 Å². The number of rotatable bonds is 5. The number of nitrogens with zero attached hydrogens (tertiary/aromatic N) is 1. The predicted octanol–water partition coefficient (Wildman–Crippen LogP) is 1.84. The van der Waals surface area contributed by atoms with Crippen LogP contribution in [0.15, 0.2) is 17.5 Å². The lowest BCUT2D eigenvalue weighted by Gasteiger charge is -2.28. The SMILES string of the molecule is C#CCC(N)C(=O)N(Cc1cccs1)C(C)C. The molecule has 1 rings (SSSR count). The van der Waals surface area contributed by atoms with Gasteiger partial charge in [0.25, 0.3) is 0 Å². The van der Waals surface area contributed by atoms with Crippen molar-refractivity contribution in [3.8, 4) is 12.3 Å². The lowest BCUT2D eigenvalue weighted by molar-refractivity contribution is -0.134. The zero-order valence-electron chi connectivity index (χ0n) is 10.2. The molecule has 0 bridgehead atoms. The van der Waals surface area contributed by atoms with Crippen LogP contribution in [-0.2, 0) is 11.3 Å². The molecule has 3 nitrogen and oxygen atoms in total. The van der Waals surface area contributed by atoms with Gasteiger partial charge >= 0.3 is 0 Å². The molecule has 0 aliphatic heterocycles. The van der Waals surface area contributed by atoms with E-state index in [-0.39, 0.29) is 18.4 Å². The van der Waals surface area contributed by atoms with Crippen molar-refractivity contribution in [1.82, 2.24) is 4.90 Å². The van der Waals surface area contributed by atoms with E-state index in [1.807, 2.05) is 31.4 Å². The van der Waals surface area contributed by atoms with Crippen LogP contribution in [0.5, 0.6) is 0 Å². The third kappa shape index (κ3) is 3.88. The van der Waals surface area contributed by atoms with E-state index < -0.39 is 6.04 Å². The Bertz CT molecular complexity index is 392. The normalized spacial score (nSPS) is 12.2. The lowest BCUT2D eigenvalue weighted by Crippen LogP contribution is -2.46. The molecule has 4 heteroatoms. The van der Waals surface area contributed by atoms with Crippen LogP contribution in [0.4, 0.5) is 0 Å². The largest absolute Gasteiger partial charge is 0.334 e. The van der Waals surface area contributed by atoms with E-state index in [0.29, 0.717) is 6.54 Å². The molecular formula is C13H18N2OS. The summed E-state index contributed by atoms with van der Waals surface area (Å²) in [6.45, 7) is 4.56. The Morgan fingerprint density at radius 3 is 2.82 bits per heavy atom. The first kappa shape index (κ1) is 13.8. The van der Waals surface area contributed by atoms with Gasteiger partial charge in [-0.05, 0) is 25.3 Å². The standard InChI is InChI=1S/C13H18N2OS/c1-4-6-12(14)13(16)15(10(2)3)9-11-7-5-8-17-11/h1,5,7-8,10,12H,6,9,14H2,2-3H3. The van der Waals surface area contributed by atoms with Crippen LogP contribution < -0.4 is 5.73 Å². The van der Waals surface area contributed by atoms with Crippen LogP contribution in [0.3, 0.4) is 0 Å². The van der Waals surface area contributed by atoms with E-state index in [0.717, 1.165) is 4.88 Å². The molecule has 0 saturated carbocycles. The summed E-state index contributed by atoms with van der Waals surface area (Å²) in [7, 11) is 0. The van der Waals surface area contributed by atoms with Gasteiger partial charge in [-0.25, -0.2) is 0 Å². The number of hydrogen-bond acceptors (Lipinski definition) is 3. The number of terminal acetylenes is 1. The maximum atomic E-state index is 12.1. The Hall–Kier alpha value is -1.31. The van der Waals surface area contributed by atoms with Crippen LogP contribution in [-0.4, -0.2) is 22.9 Å². The number of hydrogen-bond donors (Lipinski definition) is 1. The van der Waals surface area contributed by atoms with E-state index in [2.05, 4.69) is 5.92 Å². The second kappa shape index (κ2) is 6.43. The first-order valence-electron chi connectivity index (χ1n) is 5.58. The third-order valence-corrected chi connectivity index (χ3v) is 3.33. The number of carbonyl (C=O) groups excluding carboxylic acids is 1. The smallest absolute Gasteiger partial charge is 0.241 e. The van der Waals surface area contributed by atoms with Crippen molar-refractivity contribution < 1.29 is 4.79 Å². The monoisotopic (exact) mass is 250 g/mol. The first-order chi connectivity index (χ1) is 8.06. The lowest BCUT2D eigenvalue weighted by atomic mass is 10.1. The Kier molecular flexibility index (Phi) is 5.20. The molecule has 1 amide bonds. The number of amides is 1. The second-order valence-corrected chi connectivity index (χ2v) is 5.19. The zero-order valence-corrected chi connectivity index (χ0v) is 11.0. The minimum atomic E-state index is -0.595. The molecule has 1 aromatic rings. The van der Waals surface area contributed by atoms with Gasteiger partial charge in [0, 0.05) is 17.3 Å². The van der Waals surface area contributed by atoms with Gasteiger partial charge in [0.2, 0.25) is 5.91 Å². The molecule has 0 radical (unpaired) electrons. The molecule has 2 N–H and O–H groups in total. The van der Waals surface area contributed by atoms with Crippen molar-refractivity contribution in [2.24, 2.45) is 5.73 Å². The van der Waals surface area contributed by atoms with Crippen LogP contribution in [0.25, 0.3) is 0 Å². The number of thiophene rings is 1. The summed E-state index contributed by atoms with van der Waals surface area (Å²) in [5.41, 5.74) is 5.77. The van der Waals surface area contributed by atoms with Gasteiger partial charge in [0.05, 0.1) is 12.6 Å². The Labute approximate surface area is 107 Å². The van der Waals surface area contributed by atoms with Crippen LogP contribution in [0.1, 0.15) is 25.1 Å². The molecule has 0 aliphatic rings. The minimum Gasteiger partial charge on any atom is -0.334 e. The molecule has 0 saturated heterocycles. The predicted molar refractivity (Wildman–Crippen MR) is 71.4 cm³/mol. The summed E-state index contributed by atoms with van der Waals surface area (Å²) in [5, 5.41) is 2.00. The van der Waals surface area contributed by atoms with Crippen LogP contribution >= 0.6 is 11.3 Å². The molecular weight excluding hydrogens is 232 g/mol. The average Bonchev–Trinajstić information content (AvgIpc) is 2.77. The Morgan fingerprint density at radius 2 is 2.35 bits per heavy atom. The molecule has 0 spiro atoms. The Morgan fingerprint density at radius 1 is 1.65 bits per heavy atom. The van der Waals surface area contributed by atoms with Gasteiger partial charge in [-0.15, -0.1) is 23.7 Å². The van der Waals surface area contributed by atoms with E-state index in [1.165, 1.54) is 0 Å². The highest BCUT2D eigenvalue weighted by Crippen LogP contribution is 2.15. The van der Waals surface area contributed by atoms with Gasteiger partial charge in [0.15, 0.2) is 0 Å². The fourth-order valence-corrected chi connectivity index (χ4v) is 2.22. The average molecular weight is 250 g/mol. The molecule has 1 atom stereocenters. The van der Waals surface area contributed by atoms with Crippen LogP contribution in [0, 0.1) is 12.3 Å². The summed E-state index contributed by atoms with van der Waals surface area (Å²) < 4.78 is 0. The highest BCUT2D eigenvalue weighted by atomic mass is 32.1. The summed E-state index contributed by atoms with van der Waals surface area (Å²) >= 11 is 1.64. The van der Waals surface area contributed by atoms with Gasteiger partial charge < -0.3 is 10.6 Å². The highest BCUT2D eigenvalue weighted by molar-refractivity contribution is 7.09. The van der Waals surface area contributed by atoms with E-state index in [4.69, 9.17) is 12.2 Å². The van der Waals surface area contributed by atoms with Crippen molar-refractivity contribution in [1.29, 1.82) is 0 Å². The molecule has 1 aromatic heterocycles. The molecule has 0 aromatic carbocycles. The number of carbonyl (C=O) groups is 1. The zero-order chi connectivity index (χ0) is 12.8. The van der Waals surface area contributed by atoms with Gasteiger partial charge in [-0.3, -0.25) is 4.79 Å². The quantitative estimate of drug-likeness (QED) is 0.810. The summed E-state index contributed by atoms with van der Waals surface area (Å²) in [5.74, 6) is 2.35. The van der Waals surface area contributed by atoms with Gasteiger partial charge in [0.1, 0.15) is 0 Å². The van der Waals surface area contributed by atoms with E-state index in [1.54, 1.807) is 16.2 Å². The maximum Gasteiger partial charge on any atom is 0.241 e. The molecule has 0 fully saturated rings. The van der Waals surface area contributed by atoms with Crippen molar-refractivity contribution in [3.63, 3.8) is 0 Å². The van der Waals surface area contributed by atoms with Gasteiger partial charge in [-0.1, -0.05) is 6.07 Å². The third-order valence-electron chi connectivity index (χ3n) is 2.47. The fourth-order valence-electron chi connectivity index (χ4n) is 1.51. The summed E-state index contributed by atoms with van der Waals surface area (Å²) in [4.78, 5) is 15.0. The topological polar surface area (TPSA) is 46.3 Å². The van der Waals surface area contributed by atoms with Crippen molar-refractivity contribution in [2.75, 3.05) is 0 Å². The summed E-state index contributed by atoms with van der Waals surface area (Å²) in [6.07, 6.45) is 5.47. The minimum absolute atomic E-state index is 0.0775. The molecule has 17 heavy (non-hydrogen) atoms. The summed E-state index contributed by atoms with van der Waals surface area (Å²) in [6, 6.07) is 3.51. The van der Waals surface area contributed by atoms with E-state index >= 15 is 0 Å². The molecule has 1 heterocycles. The van der Waals surface area contributed by atoms with Crippen LogP contribution in [0.2, 0.25) is 0 Å². The molecule has 0 aliphatic carbocycles. The Balaban J connectivity index is 2.72. The van der Waals surface area contributed by atoms with E-state index in [9.17, 15) is 4.79 Å². The fraction of sp³-hybridized carbons (Fsp3) is 0.462.